The van der Waals surface area contributed by atoms with Crippen LogP contribution in [0.4, 0.5) is 10.5 Å². The monoisotopic (exact) mass is 326 g/mol. The normalized spacial score (nSPS) is 12.0. The second-order valence-electron chi connectivity index (χ2n) is 6.20. The Bertz CT molecular complexity index is 641. The fraction of sp³-hybridized carbons (Fsp3) is 0.350. The standard InChI is InChI=1S/C20H26N2O2/c1-15(2)18-10-6-7-11-19(18)22-20(24)21-14-17(12-13-23)16-8-4-3-5-9-16/h3-11,15,17,23H,12-14H2,1-2H3,(H2,21,22,24). The molecule has 0 aliphatic heterocycles. The Morgan fingerprint density at radius 3 is 2.38 bits per heavy atom. The third kappa shape index (κ3) is 5.10. The number of aliphatic hydroxyl groups excluding tert-OH is 1. The smallest absolute Gasteiger partial charge is 0.319 e. The van der Waals surface area contributed by atoms with E-state index in [-0.39, 0.29) is 18.6 Å². The van der Waals surface area contributed by atoms with E-state index < -0.39 is 0 Å². The van der Waals surface area contributed by atoms with E-state index in [0.29, 0.717) is 18.9 Å². The molecule has 0 aromatic heterocycles. The lowest BCUT2D eigenvalue weighted by Crippen LogP contribution is -2.33. The molecule has 0 heterocycles. The Morgan fingerprint density at radius 2 is 1.71 bits per heavy atom. The van der Waals surface area contributed by atoms with Crippen molar-refractivity contribution in [2.45, 2.75) is 32.1 Å². The largest absolute Gasteiger partial charge is 0.396 e. The van der Waals surface area contributed by atoms with Crippen molar-refractivity contribution in [2.75, 3.05) is 18.5 Å². The molecule has 2 rings (SSSR count). The lowest BCUT2D eigenvalue weighted by molar-refractivity contribution is 0.248. The van der Waals surface area contributed by atoms with Crippen molar-refractivity contribution in [1.29, 1.82) is 0 Å². The van der Waals surface area contributed by atoms with Gasteiger partial charge in [0.15, 0.2) is 0 Å². The van der Waals surface area contributed by atoms with Gasteiger partial charge >= 0.3 is 6.03 Å². The van der Waals surface area contributed by atoms with Crippen LogP contribution in [0.5, 0.6) is 0 Å². The summed E-state index contributed by atoms with van der Waals surface area (Å²) in [5, 5.41) is 15.1. The zero-order valence-corrected chi connectivity index (χ0v) is 14.3. The van der Waals surface area contributed by atoms with Gasteiger partial charge in [-0.1, -0.05) is 62.4 Å². The zero-order valence-electron chi connectivity index (χ0n) is 14.3. The average Bonchev–Trinajstić information content (AvgIpc) is 2.59. The molecular weight excluding hydrogens is 300 g/mol. The van der Waals surface area contributed by atoms with Crippen molar-refractivity contribution in [3.05, 3.63) is 65.7 Å². The molecule has 0 radical (unpaired) electrons. The summed E-state index contributed by atoms with van der Waals surface area (Å²) in [4.78, 5) is 12.2. The molecule has 0 spiro atoms. The van der Waals surface area contributed by atoms with Crippen molar-refractivity contribution in [2.24, 2.45) is 0 Å². The number of carbonyl (C=O) groups is 1. The van der Waals surface area contributed by atoms with E-state index in [1.54, 1.807) is 0 Å². The van der Waals surface area contributed by atoms with Crippen LogP contribution < -0.4 is 10.6 Å². The molecule has 0 bridgehead atoms. The maximum atomic E-state index is 12.2. The number of carbonyl (C=O) groups excluding carboxylic acids is 1. The van der Waals surface area contributed by atoms with Gasteiger partial charge in [-0.25, -0.2) is 4.79 Å². The number of amides is 2. The molecule has 0 fully saturated rings. The van der Waals surface area contributed by atoms with E-state index in [1.165, 1.54) is 0 Å². The third-order valence-electron chi connectivity index (χ3n) is 4.09. The van der Waals surface area contributed by atoms with Crippen LogP contribution in [0.3, 0.4) is 0 Å². The summed E-state index contributed by atoms with van der Waals surface area (Å²) in [5.74, 6) is 0.440. The van der Waals surface area contributed by atoms with E-state index in [0.717, 1.165) is 16.8 Å². The van der Waals surface area contributed by atoms with Gasteiger partial charge in [0.1, 0.15) is 0 Å². The number of anilines is 1. The third-order valence-corrected chi connectivity index (χ3v) is 4.09. The molecule has 0 aliphatic rings. The summed E-state index contributed by atoms with van der Waals surface area (Å²) >= 11 is 0. The number of urea groups is 1. The van der Waals surface area contributed by atoms with Gasteiger partial charge in [-0.05, 0) is 29.5 Å². The summed E-state index contributed by atoms with van der Waals surface area (Å²) in [6, 6.07) is 17.6. The number of para-hydroxylation sites is 1. The minimum Gasteiger partial charge on any atom is -0.396 e. The highest BCUT2D eigenvalue weighted by molar-refractivity contribution is 5.90. The Morgan fingerprint density at radius 1 is 1.04 bits per heavy atom. The van der Waals surface area contributed by atoms with Crippen LogP contribution in [0, 0.1) is 0 Å². The van der Waals surface area contributed by atoms with Crippen LogP contribution in [-0.2, 0) is 0 Å². The molecule has 4 nitrogen and oxygen atoms in total. The summed E-state index contributed by atoms with van der Waals surface area (Å²) in [6.07, 6.45) is 0.618. The number of benzene rings is 2. The van der Waals surface area contributed by atoms with Gasteiger partial charge < -0.3 is 15.7 Å². The summed E-state index contributed by atoms with van der Waals surface area (Å²) in [5.41, 5.74) is 3.07. The number of hydrogen-bond donors (Lipinski definition) is 3. The topological polar surface area (TPSA) is 61.4 Å². The van der Waals surface area contributed by atoms with Gasteiger partial charge in [0.2, 0.25) is 0 Å². The fourth-order valence-corrected chi connectivity index (χ4v) is 2.76. The van der Waals surface area contributed by atoms with Gasteiger partial charge in [0.05, 0.1) is 0 Å². The van der Waals surface area contributed by atoms with Crippen molar-refractivity contribution in [1.82, 2.24) is 5.32 Å². The molecule has 0 saturated carbocycles. The minimum absolute atomic E-state index is 0.0963. The molecule has 1 unspecified atom stereocenters. The number of hydrogen-bond acceptors (Lipinski definition) is 2. The highest BCUT2D eigenvalue weighted by Gasteiger charge is 2.13. The van der Waals surface area contributed by atoms with E-state index in [2.05, 4.69) is 24.5 Å². The molecule has 0 aliphatic carbocycles. The first-order chi connectivity index (χ1) is 11.6. The number of aliphatic hydroxyl groups is 1. The van der Waals surface area contributed by atoms with Crippen LogP contribution in [0.15, 0.2) is 54.6 Å². The Labute approximate surface area is 143 Å². The minimum atomic E-state index is -0.220. The van der Waals surface area contributed by atoms with Crippen LogP contribution >= 0.6 is 0 Å². The molecule has 2 aromatic carbocycles. The molecule has 0 saturated heterocycles. The highest BCUT2D eigenvalue weighted by atomic mass is 16.3. The van der Waals surface area contributed by atoms with E-state index >= 15 is 0 Å². The van der Waals surface area contributed by atoms with Gasteiger partial charge in [-0.15, -0.1) is 0 Å². The molecule has 4 heteroatoms. The molecule has 24 heavy (non-hydrogen) atoms. The Kier molecular flexibility index (Phi) is 6.82. The second-order valence-corrected chi connectivity index (χ2v) is 6.20. The van der Waals surface area contributed by atoms with Crippen molar-refractivity contribution >= 4 is 11.7 Å². The molecule has 2 amide bonds. The maximum Gasteiger partial charge on any atom is 0.319 e. The molecule has 1 atom stereocenters. The van der Waals surface area contributed by atoms with Crippen molar-refractivity contribution in [3.63, 3.8) is 0 Å². The summed E-state index contributed by atoms with van der Waals surface area (Å²) < 4.78 is 0. The van der Waals surface area contributed by atoms with Gasteiger partial charge in [0, 0.05) is 24.8 Å². The van der Waals surface area contributed by atoms with E-state index in [1.807, 2.05) is 54.6 Å². The van der Waals surface area contributed by atoms with Crippen LogP contribution in [0.25, 0.3) is 0 Å². The summed E-state index contributed by atoms with van der Waals surface area (Å²) in [6.45, 7) is 4.79. The van der Waals surface area contributed by atoms with E-state index in [4.69, 9.17) is 0 Å². The lowest BCUT2D eigenvalue weighted by Gasteiger charge is -2.18. The van der Waals surface area contributed by atoms with Crippen LogP contribution in [-0.4, -0.2) is 24.3 Å². The quantitative estimate of drug-likeness (QED) is 0.717. The average molecular weight is 326 g/mol. The highest BCUT2D eigenvalue weighted by Crippen LogP contribution is 2.23. The predicted octanol–water partition coefficient (Wildman–Crippen LogP) is 4.10. The maximum absolute atomic E-state index is 12.2. The van der Waals surface area contributed by atoms with Crippen LogP contribution in [0.2, 0.25) is 0 Å². The van der Waals surface area contributed by atoms with Gasteiger partial charge in [0.25, 0.3) is 0 Å². The molecule has 128 valence electrons. The first kappa shape index (κ1) is 18.0. The molecular formula is C20H26N2O2. The zero-order chi connectivity index (χ0) is 17.4. The second kappa shape index (κ2) is 9.08. The lowest BCUT2D eigenvalue weighted by atomic mass is 9.96. The Hall–Kier alpha value is -2.33. The van der Waals surface area contributed by atoms with Crippen molar-refractivity contribution in [3.8, 4) is 0 Å². The fourth-order valence-electron chi connectivity index (χ4n) is 2.76. The number of nitrogens with one attached hydrogen (secondary N) is 2. The van der Waals surface area contributed by atoms with E-state index in [9.17, 15) is 9.90 Å². The molecule has 3 N–H and O–H groups in total. The van der Waals surface area contributed by atoms with Crippen LogP contribution in [0.1, 0.15) is 43.2 Å². The SMILES string of the molecule is CC(C)c1ccccc1NC(=O)NCC(CCO)c1ccccc1. The Balaban J connectivity index is 1.97. The van der Waals surface area contributed by atoms with Crippen molar-refractivity contribution < 1.29 is 9.90 Å². The molecule has 2 aromatic rings. The number of rotatable bonds is 7. The predicted molar refractivity (Wildman–Crippen MR) is 98.4 cm³/mol. The first-order valence-corrected chi connectivity index (χ1v) is 8.41. The summed E-state index contributed by atoms with van der Waals surface area (Å²) in [7, 11) is 0. The van der Waals surface area contributed by atoms with Gasteiger partial charge in [-0.3, -0.25) is 0 Å². The van der Waals surface area contributed by atoms with Gasteiger partial charge in [-0.2, -0.15) is 0 Å². The first-order valence-electron chi connectivity index (χ1n) is 8.41.